The van der Waals surface area contributed by atoms with Crippen molar-refractivity contribution in [2.75, 3.05) is 25.1 Å². The van der Waals surface area contributed by atoms with Gasteiger partial charge in [-0.2, -0.15) is 0 Å². The smallest absolute Gasteiger partial charge is 0.264 e. The maximum atomic E-state index is 13.7. The molecule has 0 saturated carbocycles. The van der Waals surface area contributed by atoms with Crippen molar-refractivity contribution in [3.63, 3.8) is 0 Å². The highest BCUT2D eigenvalue weighted by Gasteiger charge is 2.38. The number of anilines is 1. The number of fused-ring (bicyclic) bond motifs is 1. The molecule has 2 atom stereocenters. The van der Waals surface area contributed by atoms with Gasteiger partial charge >= 0.3 is 0 Å². The van der Waals surface area contributed by atoms with Crippen LogP contribution in [0.25, 0.3) is 0 Å². The van der Waals surface area contributed by atoms with Gasteiger partial charge in [-0.3, -0.25) is 9.10 Å². The van der Waals surface area contributed by atoms with Crippen LogP contribution in [0.5, 0.6) is 17.2 Å². The lowest BCUT2D eigenvalue weighted by Crippen LogP contribution is -2.51. The van der Waals surface area contributed by atoms with E-state index in [0.717, 1.165) is 22.4 Å². The van der Waals surface area contributed by atoms with Crippen molar-refractivity contribution in [3.8, 4) is 17.2 Å². The number of carbonyl (C=O) groups is 1. The van der Waals surface area contributed by atoms with Gasteiger partial charge < -0.3 is 19.5 Å². The maximum absolute atomic E-state index is 13.7. The van der Waals surface area contributed by atoms with Crippen LogP contribution in [0.4, 0.5) is 5.69 Å². The second-order valence-electron chi connectivity index (χ2n) is 8.99. The summed E-state index contributed by atoms with van der Waals surface area (Å²) in [5, 5.41) is 3.05. The molecule has 1 aliphatic rings. The van der Waals surface area contributed by atoms with Crippen molar-refractivity contribution in [2.45, 2.75) is 44.2 Å². The highest BCUT2D eigenvalue weighted by atomic mass is 32.2. The van der Waals surface area contributed by atoms with Crippen LogP contribution >= 0.6 is 0 Å². The second-order valence-corrected chi connectivity index (χ2v) is 10.9. The Hall–Kier alpha value is -3.72. The minimum absolute atomic E-state index is 0.0982. The molecule has 37 heavy (non-hydrogen) atoms. The van der Waals surface area contributed by atoms with Crippen molar-refractivity contribution in [1.29, 1.82) is 0 Å². The van der Waals surface area contributed by atoms with Crippen LogP contribution in [0.3, 0.4) is 0 Å². The molecule has 0 radical (unpaired) electrons. The van der Waals surface area contributed by atoms with Gasteiger partial charge in [0.25, 0.3) is 15.9 Å². The standard InChI is InChI=1S/C28H32N2O6S/c1-6-23(20-8-14-25(35-5)19(3)16-20)29-28(31)27-17-30(24-13-7-18(2)15-26(24)36-27)37(32,33)22-11-9-21(34-4)10-12-22/h7-16,23,27H,6,17H2,1-5H3,(H,29,31)/t23-,27+/m1/s1. The van der Waals surface area contributed by atoms with E-state index in [0.29, 0.717) is 23.6 Å². The largest absolute Gasteiger partial charge is 0.497 e. The maximum Gasteiger partial charge on any atom is 0.264 e. The third kappa shape index (κ3) is 5.36. The van der Waals surface area contributed by atoms with Gasteiger partial charge in [0.1, 0.15) is 17.2 Å². The number of amides is 1. The molecule has 196 valence electrons. The number of rotatable bonds is 8. The minimum atomic E-state index is -3.98. The molecule has 0 bridgehead atoms. The number of hydrogen-bond donors (Lipinski definition) is 1. The lowest BCUT2D eigenvalue weighted by molar-refractivity contribution is -0.128. The Morgan fingerprint density at radius 1 is 1.05 bits per heavy atom. The molecule has 8 nitrogen and oxygen atoms in total. The van der Waals surface area contributed by atoms with Gasteiger partial charge in [-0.05, 0) is 79.4 Å². The van der Waals surface area contributed by atoms with Gasteiger partial charge in [-0.25, -0.2) is 8.42 Å². The fourth-order valence-electron chi connectivity index (χ4n) is 4.40. The van der Waals surface area contributed by atoms with E-state index in [9.17, 15) is 13.2 Å². The third-order valence-corrected chi connectivity index (χ3v) is 8.26. The average Bonchev–Trinajstić information content (AvgIpc) is 2.90. The SMILES string of the molecule is CC[C@@H](NC(=O)[C@@H]1CN(S(=O)(=O)c2ccc(OC)cc2)c2ccc(C)cc2O1)c1ccc(OC)c(C)c1. The van der Waals surface area contributed by atoms with E-state index in [4.69, 9.17) is 14.2 Å². The predicted molar refractivity (Wildman–Crippen MR) is 142 cm³/mol. The number of methoxy groups -OCH3 is 2. The van der Waals surface area contributed by atoms with E-state index in [1.807, 2.05) is 45.0 Å². The van der Waals surface area contributed by atoms with Gasteiger partial charge in [-0.15, -0.1) is 0 Å². The molecule has 0 spiro atoms. The molecule has 0 aliphatic carbocycles. The molecular formula is C28H32N2O6S. The molecule has 9 heteroatoms. The van der Waals surface area contributed by atoms with Gasteiger partial charge in [0.2, 0.25) is 0 Å². The molecule has 3 aromatic carbocycles. The Kier molecular flexibility index (Phi) is 7.63. The van der Waals surface area contributed by atoms with Crippen molar-refractivity contribution in [2.24, 2.45) is 0 Å². The molecular weight excluding hydrogens is 492 g/mol. The molecule has 1 aliphatic heterocycles. The molecule has 1 amide bonds. The van der Waals surface area contributed by atoms with Crippen molar-refractivity contribution >= 4 is 21.6 Å². The monoisotopic (exact) mass is 524 g/mol. The van der Waals surface area contributed by atoms with Crippen LogP contribution < -0.4 is 23.8 Å². The van der Waals surface area contributed by atoms with Gasteiger partial charge in [0.05, 0.1) is 37.4 Å². The summed E-state index contributed by atoms with van der Waals surface area (Å²) in [5.74, 6) is 1.28. The predicted octanol–water partition coefficient (Wildman–Crippen LogP) is 4.54. The van der Waals surface area contributed by atoms with E-state index in [1.165, 1.54) is 23.5 Å². The molecule has 0 fully saturated rings. The Morgan fingerprint density at radius 2 is 1.78 bits per heavy atom. The Labute approximate surface area is 218 Å². The molecule has 4 rings (SSSR count). The molecule has 1 heterocycles. The van der Waals surface area contributed by atoms with Crippen LogP contribution in [-0.4, -0.2) is 41.2 Å². The van der Waals surface area contributed by atoms with Crippen molar-refractivity contribution < 1.29 is 27.4 Å². The van der Waals surface area contributed by atoms with Crippen LogP contribution in [-0.2, 0) is 14.8 Å². The lowest BCUT2D eigenvalue weighted by Gasteiger charge is -2.35. The lowest BCUT2D eigenvalue weighted by atomic mass is 10.0. The highest BCUT2D eigenvalue weighted by molar-refractivity contribution is 7.92. The summed E-state index contributed by atoms with van der Waals surface area (Å²) >= 11 is 0. The third-order valence-electron chi connectivity index (χ3n) is 6.47. The topological polar surface area (TPSA) is 94.2 Å². The second kappa shape index (κ2) is 10.7. The number of ether oxygens (including phenoxy) is 3. The zero-order chi connectivity index (χ0) is 26.7. The zero-order valence-corrected chi connectivity index (χ0v) is 22.5. The number of sulfonamides is 1. The zero-order valence-electron chi connectivity index (χ0n) is 21.6. The van der Waals surface area contributed by atoms with Gasteiger partial charge in [0, 0.05) is 0 Å². The first-order valence-electron chi connectivity index (χ1n) is 12.1. The Bertz CT molecular complexity index is 1390. The summed E-state index contributed by atoms with van der Waals surface area (Å²) in [6.45, 7) is 5.65. The normalized spacial score (nSPS) is 15.8. The summed E-state index contributed by atoms with van der Waals surface area (Å²) in [4.78, 5) is 13.5. The fourth-order valence-corrected chi connectivity index (χ4v) is 5.88. The number of aryl methyl sites for hydroxylation is 2. The molecule has 1 N–H and O–H groups in total. The summed E-state index contributed by atoms with van der Waals surface area (Å²) in [5.41, 5.74) is 3.18. The summed E-state index contributed by atoms with van der Waals surface area (Å²) in [6.07, 6.45) is -0.385. The molecule has 0 aromatic heterocycles. The summed E-state index contributed by atoms with van der Waals surface area (Å²) in [6, 6.07) is 16.9. The van der Waals surface area contributed by atoms with Crippen LogP contribution in [0.15, 0.2) is 65.6 Å². The number of nitrogens with zero attached hydrogens (tertiary/aromatic N) is 1. The summed E-state index contributed by atoms with van der Waals surface area (Å²) in [7, 11) is -0.840. The quantitative estimate of drug-likeness (QED) is 0.465. The van der Waals surface area contributed by atoms with E-state index in [-0.39, 0.29) is 23.4 Å². The van der Waals surface area contributed by atoms with Crippen molar-refractivity contribution in [3.05, 3.63) is 77.4 Å². The van der Waals surface area contributed by atoms with Crippen molar-refractivity contribution in [1.82, 2.24) is 5.32 Å². The van der Waals surface area contributed by atoms with E-state index in [2.05, 4.69) is 5.32 Å². The van der Waals surface area contributed by atoms with E-state index < -0.39 is 16.1 Å². The molecule has 0 unspecified atom stereocenters. The van der Waals surface area contributed by atoms with E-state index in [1.54, 1.807) is 31.4 Å². The number of hydrogen-bond acceptors (Lipinski definition) is 6. The Morgan fingerprint density at radius 3 is 2.41 bits per heavy atom. The first-order chi connectivity index (χ1) is 17.7. The van der Waals surface area contributed by atoms with Crippen LogP contribution in [0.2, 0.25) is 0 Å². The number of benzene rings is 3. The highest BCUT2D eigenvalue weighted by Crippen LogP contribution is 2.38. The average molecular weight is 525 g/mol. The summed E-state index contributed by atoms with van der Waals surface area (Å²) < 4.78 is 45.2. The number of carbonyl (C=O) groups excluding carboxylic acids is 1. The first kappa shape index (κ1) is 26.3. The van der Waals surface area contributed by atoms with Gasteiger partial charge in [0.15, 0.2) is 6.10 Å². The molecule has 0 saturated heterocycles. The number of nitrogens with one attached hydrogen (secondary N) is 1. The first-order valence-corrected chi connectivity index (χ1v) is 13.5. The van der Waals surface area contributed by atoms with Crippen LogP contribution in [0, 0.1) is 13.8 Å². The van der Waals surface area contributed by atoms with Gasteiger partial charge in [-0.1, -0.05) is 25.1 Å². The fraction of sp³-hybridized carbons (Fsp3) is 0.321. The van der Waals surface area contributed by atoms with Crippen LogP contribution in [0.1, 0.15) is 36.1 Å². The minimum Gasteiger partial charge on any atom is -0.497 e. The Balaban J connectivity index is 1.64. The molecule has 3 aromatic rings. The van der Waals surface area contributed by atoms with E-state index >= 15 is 0 Å².